The van der Waals surface area contributed by atoms with E-state index >= 15 is 0 Å². The SMILES string of the molecule is COC(=O)[C@H](C1CC2CCC(C1)N2C(=O)OCc1ccccc1)N1C(=O)c2ccccc2C1O. The lowest BCUT2D eigenvalue weighted by Gasteiger charge is -2.42. The standard InChI is InChI=1S/C26H28N2O6/c1-33-25(31)22(28-23(29)20-9-5-6-10-21(20)24(28)30)17-13-18-11-12-19(14-17)27(18)26(32)34-15-16-7-3-2-4-8-16/h2-10,17-19,22-23,29H,11-15H2,1H3/t17?,18?,19?,22-,23?/m0/s1. The van der Waals surface area contributed by atoms with Crippen LogP contribution < -0.4 is 0 Å². The Labute approximate surface area is 198 Å². The van der Waals surface area contributed by atoms with Gasteiger partial charge < -0.3 is 19.5 Å². The molecule has 3 heterocycles. The molecule has 2 aromatic rings. The van der Waals surface area contributed by atoms with E-state index in [0.29, 0.717) is 24.0 Å². The number of piperidine rings is 1. The number of nitrogens with zero attached hydrogens (tertiary/aromatic N) is 2. The summed E-state index contributed by atoms with van der Waals surface area (Å²) >= 11 is 0. The smallest absolute Gasteiger partial charge is 0.410 e. The summed E-state index contributed by atoms with van der Waals surface area (Å²) in [6.07, 6.45) is 1.12. The summed E-state index contributed by atoms with van der Waals surface area (Å²) in [6, 6.07) is 15.3. The van der Waals surface area contributed by atoms with Crippen LogP contribution >= 0.6 is 0 Å². The average Bonchev–Trinajstić information content (AvgIpc) is 3.28. The topological polar surface area (TPSA) is 96.4 Å². The van der Waals surface area contributed by atoms with Crippen molar-refractivity contribution in [2.24, 2.45) is 5.92 Å². The molecular weight excluding hydrogens is 436 g/mol. The average molecular weight is 465 g/mol. The van der Waals surface area contributed by atoms with E-state index in [4.69, 9.17) is 9.47 Å². The number of ether oxygens (including phenoxy) is 2. The van der Waals surface area contributed by atoms with E-state index in [2.05, 4.69) is 0 Å². The Hall–Kier alpha value is -3.39. The third-order valence-electron chi connectivity index (χ3n) is 7.34. The highest BCUT2D eigenvalue weighted by Crippen LogP contribution is 2.44. The molecule has 3 aliphatic heterocycles. The van der Waals surface area contributed by atoms with E-state index in [9.17, 15) is 19.5 Å². The van der Waals surface area contributed by atoms with Crippen LogP contribution in [-0.2, 0) is 20.9 Å². The van der Waals surface area contributed by atoms with Gasteiger partial charge in [-0.05, 0) is 43.2 Å². The quantitative estimate of drug-likeness (QED) is 0.683. The van der Waals surface area contributed by atoms with Crippen LogP contribution in [0.25, 0.3) is 0 Å². The molecule has 8 nitrogen and oxygen atoms in total. The van der Waals surface area contributed by atoms with Crippen molar-refractivity contribution in [3.63, 3.8) is 0 Å². The monoisotopic (exact) mass is 464 g/mol. The molecule has 0 aromatic heterocycles. The number of rotatable bonds is 5. The van der Waals surface area contributed by atoms with Crippen molar-refractivity contribution in [2.45, 2.75) is 56.6 Å². The van der Waals surface area contributed by atoms with Gasteiger partial charge in [0.05, 0.1) is 7.11 Å². The summed E-state index contributed by atoms with van der Waals surface area (Å²) < 4.78 is 10.7. The summed E-state index contributed by atoms with van der Waals surface area (Å²) in [4.78, 5) is 42.0. The molecule has 2 saturated heterocycles. The van der Waals surface area contributed by atoms with Gasteiger partial charge in [0.2, 0.25) is 0 Å². The highest BCUT2D eigenvalue weighted by molar-refractivity contribution is 6.01. The van der Waals surface area contributed by atoms with Crippen molar-refractivity contribution in [3.05, 3.63) is 71.3 Å². The molecule has 8 heteroatoms. The van der Waals surface area contributed by atoms with Crippen molar-refractivity contribution >= 4 is 18.0 Å². The zero-order chi connectivity index (χ0) is 23.8. The van der Waals surface area contributed by atoms with Crippen LogP contribution in [-0.4, -0.2) is 58.1 Å². The summed E-state index contributed by atoms with van der Waals surface area (Å²) in [6.45, 7) is 0.205. The zero-order valence-corrected chi connectivity index (χ0v) is 19.0. The molecule has 178 valence electrons. The third kappa shape index (κ3) is 3.81. The number of methoxy groups -OCH3 is 1. The van der Waals surface area contributed by atoms with E-state index in [1.165, 1.54) is 12.0 Å². The molecule has 0 saturated carbocycles. The molecule has 0 radical (unpaired) electrons. The van der Waals surface area contributed by atoms with E-state index in [-0.39, 0.29) is 36.6 Å². The molecule has 3 aliphatic rings. The van der Waals surface area contributed by atoms with Crippen LogP contribution in [0.1, 0.15) is 53.4 Å². The number of benzene rings is 2. The highest BCUT2D eigenvalue weighted by Gasteiger charge is 2.52. The first-order chi connectivity index (χ1) is 16.5. The summed E-state index contributed by atoms with van der Waals surface area (Å²) in [5.74, 6) is -1.17. The molecule has 34 heavy (non-hydrogen) atoms. The van der Waals surface area contributed by atoms with Crippen molar-refractivity contribution < 1.29 is 29.0 Å². The lowest BCUT2D eigenvalue weighted by Crippen LogP contribution is -2.55. The lowest BCUT2D eigenvalue weighted by molar-refractivity contribution is -0.153. The molecule has 4 atom stereocenters. The molecule has 5 rings (SSSR count). The molecule has 3 unspecified atom stereocenters. The second kappa shape index (κ2) is 9.10. The van der Waals surface area contributed by atoms with Crippen LogP contribution in [0, 0.1) is 5.92 Å². The van der Waals surface area contributed by atoms with Crippen LogP contribution in [0.5, 0.6) is 0 Å². The van der Waals surface area contributed by atoms with Gasteiger partial charge in [-0.2, -0.15) is 0 Å². The molecule has 2 amide bonds. The van der Waals surface area contributed by atoms with Crippen LogP contribution in [0.3, 0.4) is 0 Å². The summed E-state index contributed by atoms with van der Waals surface area (Å²) in [5.41, 5.74) is 1.81. The molecule has 2 bridgehead atoms. The van der Waals surface area contributed by atoms with Crippen LogP contribution in [0.2, 0.25) is 0 Å². The zero-order valence-electron chi connectivity index (χ0n) is 19.0. The first kappa shape index (κ1) is 22.4. The maximum atomic E-state index is 13.2. The Morgan fingerprint density at radius 1 is 1.03 bits per heavy atom. The number of carbonyl (C=O) groups is 3. The highest BCUT2D eigenvalue weighted by atomic mass is 16.6. The van der Waals surface area contributed by atoms with E-state index in [0.717, 1.165) is 18.4 Å². The Balaban J connectivity index is 1.33. The number of amides is 2. The maximum absolute atomic E-state index is 13.2. The first-order valence-corrected chi connectivity index (χ1v) is 11.7. The number of hydrogen-bond acceptors (Lipinski definition) is 6. The molecule has 0 aliphatic carbocycles. The number of fused-ring (bicyclic) bond motifs is 3. The second-order valence-corrected chi connectivity index (χ2v) is 9.21. The molecule has 1 N–H and O–H groups in total. The lowest BCUT2D eigenvalue weighted by atomic mass is 9.84. The first-order valence-electron chi connectivity index (χ1n) is 11.7. The van der Waals surface area contributed by atoms with Crippen molar-refractivity contribution in [2.75, 3.05) is 7.11 Å². The number of aliphatic hydroxyl groups is 1. The fraction of sp³-hybridized carbons (Fsp3) is 0.423. The van der Waals surface area contributed by atoms with Gasteiger partial charge in [0.25, 0.3) is 5.91 Å². The number of esters is 1. The minimum Gasteiger partial charge on any atom is -0.467 e. The Bertz CT molecular complexity index is 1080. The van der Waals surface area contributed by atoms with Gasteiger partial charge in [-0.1, -0.05) is 48.5 Å². The van der Waals surface area contributed by atoms with E-state index < -0.39 is 18.2 Å². The number of aliphatic hydroxyl groups excluding tert-OH is 1. The fourth-order valence-electron chi connectivity index (χ4n) is 5.82. The van der Waals surface area contributed by atoms with Crippen molar-refractivity contribution in [1.29, 1.82) is 0 Å². The van der Waals surface area contributed by atoms with Gasteiger partial charge in [-0.3, -0.25) is 9.69 Å². The predicted octanol–water partition coefficient (Wildman–Crippen LogP) is 3.25. The minimum atomic E-state index is -1.21. The Kier molecular flexibility index (Phi) is 6.00. The second-order valence-electron chi connectivity index (χ2n) is 9.21. The van der Waals surface area contributed by atoms with Gasteiger partial charge in [0.1, 0.15) is 12.6 Å². The largest absolute Gasteiger partial charge is 0.467 e. The maximum Gasteiger partial charge on any atom is 0.410 e. The van der Waals surface area contributed by atoms with Gasteiger partial charge in [-0.25, -0.2) is 9.59 Å². The Morgan fingerprint density at radius 3 is 2.32 bits per heavy atom. The third-order valence-corrected chi connectivity index (χ3v) is 7.34. The van der Waals surface area contributed by atoms with E-state index in [1.54, 1.807) is 29.2 Å². The van der Waals surface area contributed by atoms with Gasteiger partial charge in [0, 0.05) is 23.2 Å². The number of hydrogen-bond donors (Lipinski definition) is 1. The van der Waals surface area contributed by atoms with Crippen molar-refractivity contribution in [1.82, 2.24) is 9.80 Å². The fourth-order valence-corrected chi connectivity index (χ4v) is 5.82. The molecule has 2 fully saturated rings. The van der Waals surface area contributed by atoms with Crippen LogP contribution in [0.4, 0.5) is 4.79 Å². The Morgan fingerprint density at radius 2 is 1.68 bits per heavy atom. The summed E-state index contributed by atoms with van der Waals surface area (Å²) in [7, 11) is 1.29. The minimum absolute atomic E-state index is 0.0867. The van der Waals surface area contributed by atoms with Crippen molar-refractivity contribution in [3.8, 4) is 0 Å². The van der Waals surface area contributed by atoms with Crippen LogP contribution in [0.15, 0.2) is 54.6 Å². The van der Waals surface area contributed by atoms with Gasteiger partial charge in [0.15, 0.2) is 6.23 Å². The van der Waals surface area contributed by atoms with E-state index in [1.807, 2.05) is 30.3 Å². The predicted molar refractivity (Wildman–Crippen MR) is 121 cm³/mol. The molecule has 0 spiro atoms. The molecule has 2 aromatic carbocycles. The van der Waals surface area contributed by atoms with Gasteiger partial charge >= 0.3 is 12.1 Å². The molecular formula is C26H28N2O6. The number of carbonyl (C=O) groups excluding carboxylic acids is 3. The normalized spacial score (nSPS) is 26.2. The summed E-state index contributed by atoms with van der Waals surface area (Å²) in [5, 5.41) is 10.9. The van der Waals surface area contributed by atoms with Gasteiger partial charge in [-0.15, -0.1) is 0 Å².